The van der Waals surface area contributed by atoms with Crippen molar-refractivity contribution in [3.63, 3.8) is 0 Å². The number of amides is 3. The van der Waals surface area contributed by atoms with E-state index in [4.69, 9.17) is 0 Å². The van der Waals surface area contributed by atoms with Gasteiger partial charge in [-0.2, -0.15) is 0 Å². The Morgan fingerprint density at radius 2 is 1.48 bits per heavy atom. The van der Waals surface area contributed by atoms with Crippen LogP contribution in [0.5, 0.6) is 0 Å². The van der Waals surface area contributed by atoms with Crippen LogP contribution in [0.2, 0.25) is 0 Å². The van der Waals surface area contributed by atoms with Crippen LogP contribution in [0, 0.1) is 5.92 Å². The lowest BCUT2D eigenvalue weighted by atomic mass is 9.91. The van der Waals surface area contributed by atoms with Crippen molar-refractivity contribution in [2.45, 2.75) is 72.3 Å². The van der Waals surface area contributed by atoms with E-state index >= 15 is 0 Å². The smallest absolute Gasteiger partial charge is 0.317 e. The summed E-state index contributed by atoms with van der Waals surface area (Å²) in [7, 11) is 0. The Balaban J connectivity index is 2.06. The average molecular weight is 374 g/mol. The largest absolute Gasteiger partial charge is 0.336 e. The van der Waals surface area contributed by atoms with E-state index in [9.17, 15) is 9.59 Å². The highest BCUT2D eigenvalue weighted by atomic mass is 16.2. The van der Waals surface area contributed by atoms with Crippen molar-refractivity contribution in [2.24, 2.45) is 5.92 Å². The lowest BCUT2D eigenvalue weighted by Gasteiger charge is -2.32. The van der Waals surface area contributed by atoms with E-state index in [0.717, 1.165) is 5.69 Å². The molecule has 0 atom stereocenters. The van der Waals surface area contributed by atoms with E-state index in [-0.39, 0.29) is 23.9 Å². The molecule has 0 unspecified atom stereocenters. The minimum absolute atomic E-state index is 0.0314. The number of hydrogen-bond acceptors (Lipinski definition) is 2. The molecule has 3 amide bonds. The van der Waals surface area contributed by atoms with Crippen molar-refractivity contribution in [1.29, 1.82) is 0 Å². The van der Waals surface area contributed by atoms with Crippen LogP contribution in [-0.2, 0) is 4.79 Å². The molecule has 0 aliphatic carbocycles. The van der Waals surface area contributed by atoms with Gasteiger partial charge >= 0.3 is 6.03 Å². The summed E-state index contributed by atoms with van der Waals surface area (Å²) >= 11 is 0. The normalized spacial score (nSPS) is 15.5. The third-order valence-corrected chi connectivity index (χ3v) is 5.19. The lowest BCUT2D eigenvalue weighted by Crippen LogP contribution is -2.47. The van der Waals surface area contributed by atoms with Gasteiger partial charge in [0.15, 0.2) is 0 Å². The minimum Gasteiger partial charge on any atom is -0.336 e. The van der Waals surface area contributed by atoms with Gasteiger partial charge in [0.05, 0.1) is 0 Å². The molecule has 1 heterocycles. The Hall–Kier alpha value is -2.04. The first-order chi connectivity index (χ1) is 12.7. The van der Waals surface area contributed by atoms with Crippen LogP contribution in [0.1, 0.15) is 77.3 Å². The summed E-state index contributed by atoms with van der Waals surface area (Å²) in [4.78, 5) is 26.9. The Morgan fingerprint density at radius 3 is 1.93 bits per heavy atom. The number of anilines is 1. The third-order valence-electron chi connectivity index (χ3n) is 5.19. The van der Waals surface area contributed by atoms with Crippen LogP contribution >= 0.6 is 0 Å². The fraction of sp³-hybridized carbons (Fsp3) is 0.636. The first-order valence-corrected chi connectivity index (χ1v) is 10.2. The predicted molar refractivity (Wildman–Crippen MR) is 111 cm³/mol. The molecule has 150 valence electrons. The first-order valence-electron chi connectivity index (χ1n) is 10.2. The molecule has 1 aromatic rings. The van der Waals surface area contributed by atoms with Crippen LogP contribution in [0.3, 0.4) is 0 Å². The van der Waals surface area contributed by atoms with Gasteiger partial charge < -0.3 is 15.5 Å². The zero-order valence-corrected chi connectivity index (χ0v) is 17.6. The van der Waals surface area contributed by atoms with Crippen molar-refractivity contribution in [3.05, 3.63) is 29.3 Å². The summed E-state index contributed by atoms with van der Waals surface area (Å²) in [5.41, 5.74) is 3.35. The number of likely N-dealkylation sites (tertiary alicyclic amines) is 1. The molecule has 0 spiro atoms. The monoisotopic (exact) mass is 373 g/mol. The van der Waals surface area contributed by atoms with Gasteiger partial charge in [0.2, 0.25) is 5.91 Å². The molecular formula is C22H35N3O2. The average Bonchev–Trinajstić information content (AvgIpc) is 2.61. The van der Waals surface area contributed by atoms with E-state index in [1.165, 1.54) is 11.1 Å². The quantitative estimate of drug-likeness (QED) is 0.786. The standard InChI is InChI=1S/C22H35N3O2/c1-14(2)18-8-7-9-19(15(3)4)20(18)24-21(26)17-10-12-25(13-11-17)22(27)23-16(5)6/h7-9,14-17H,10-13H2,1-6H3,(H,23,27)(H,24,26). The molecule has 0 bridgehead atoms. The van der Waals surface area contributed by atoms with Crippen LogP contribution in [0.25, 0.3) is 0 Å². The van der Waals surface area contributed by atoms with Gasteiger partial charge in [-0.15, -0.1) is 0 Å². The molecule has 1 saturated heterocycles. The van der Waals surface area contributed by atoms with Gasteiger partial charge in [-0.05, 0) is 49.7 Å². The Bertz CT molecular complexity index is 633. The van der Waals surface area contributed by atoms with Gasteiger partial charge in [0.1, 0.15) is 0 Å². The zero-order chi connectivity index (χ0) is 20.1. The van der Waals surface area contributed by atoms with E-state index in [1.54, 1.807) is 0 Å². The molecule has 5 nitrogen and oxygen atoms in total. The molecule has 1 aliphatic heterocycles. The summed E-state index contributed by atoms with van der Waals surface area (Å²) in [6.45, 7) is 13.8. The van der Waals surface area contributed by atoms with Gasteiger partial charge in [0, 0.05) is 30.7 Å². The fourth-order valence-electron chi connectivity index (χ4n) is 3.60. The summed E-state index contributed by atoms with van der Waals surface area (Å²) in [5, 5.41) is 6.15. The third kappa shape index (κ3) is 5.47. The molecule has 0 saturated carbocycles. The van der Waals surface area contributed by atoms with Crippen molar-refractivity contribution in [2.75, 3.05) is 18.4 Å². The Labute approximate surface area is 163 Å². The molecule has 0 aromatic heterocycles. The van der Waals surface area contributed by atoms with E-state index in [0.29, 0.717) is 37.8 Å². The molecule has 2 N–H and O–H groups in total. The number of rotatable bonds is 5. The number of carbonyl (C=O) groups is 2. The SMILES string of the molecule is CC(C)NC(=O)N1CCC(C(=O)Nc2c(C(C)C)cccc2C(C)C)CC1. The molecular weight excluding hydrogens is 338 g/mol. The van der Waals surface area contributed by atoms with E-state index < -0.39 is 0 Å². The Kier molecular flexibility index (Phi) is 7.28. The molecule has 1 aromatic carbocycles. The minimum atomic E-state index is -0.0478. The van der Waals surface area contributed by atoms with Gasteiger partial charge in [-0.3, -0.25) is 4.79 Å². The molecule has 2 rings (SSSR count). The molecule has 27 heavy (non-hydrogen) atoms. The van der Waals surface area contributed by atoms with Crippen molar-refractivity contribution < 1.29 is 9.59 Å². The second-order valence-electron chi connectivity index (χ2n) is 8.48. The van der Waals surface area contributed by atoms with Crippen molar-refractivity contribution in [3.8, 4) is 0 Å². The number of para-hydroxylation sites is 1. The fourth-order valence-corrected chi connectivity index (χ4v) is 3.60. The second kappa shape index (κ2) is 9.25. The molecule has 1 aliphatic rings. The number of nitrogens with one attached hydrogen (secondary N) is 2. The van der Waals surface area contributed by atoms with Crippen LogP contribution in [-0.4, -0.2) is 36.0 Å². The van der Waals surface area contributed by atoms with E-state index in [1.807, 2.05) is 18.7 Å². The maximum absolute atomic E-state index is 12.9. The second-order valence-corrected chi connectivity index (χ2v) is 8.48. The molecule has 0 radical (unpaired) electrons. The zero-order valence-electron chi connectivity index (χ0n) is 17.6. The number of nitrogens with zero attached hydrogens (tertiary/aromatic N) is 1. The summed E-state index contributed by atoms with van der Waals surface area (Å²) in [6.07, 6.45) is 1.41. The number of urea groups is 1. The van der Waals surface area contributed by atoms with Gasteiger partial charge in [-0.1, -0.05) is 45.9 Å². The molecule has 1 fully saturated rings. The van der Waals surface area contributed by atoms with Crippen LogP contribution < -0.4 is 10.6 Å². The van der Waals surface area contributed by atoms with E-state index in [2.05, 4.69) is 56.5 Å². The number of benzene rings is 1. The van der Waals surface area contributed by atoms with Crippen LogP contribution in [0.15, 0.2) is 18.2 Å². The lowest BCUT2D eigenvalue weighted by molar-refractivity contribution is -0.121. The first kappa shape index (κ1) is 21.3. The predicted octanol–water partition coefficient (Wildman–Crippen LogP) is 4.70. The maximum atomic E-state index is 12.9. The number of carbonyl (C=O) groups excluding carboxylic acids is 2. The topological polar surface area (TPSA) is 61.4 Å². The van der Waals surface area contributed by atoms with Gasteiger partial charge in [0.25, 0.3) is 0 Å². The summed E-state index contributed by atoms with van der Waals surface area (Å²) < 4.78 is 0. The highest BCUT2D eigenvalue weighted by Gasteiger charge is 2.28. The Morgan fingerprint density at radius 1 is 0.963 bits per heavy atom. The van der Waals surface area contributed by atoms with Gasteiger partial charge in [-0.25, -0.2) is 4.79 Å². The molecule has 5 heteroatoms. The summed E-state index contributed by atoms with van der Waals surface area (Å²) in [5.74, 6) is 0.725. The highest BCUT2D eigenvalue weighted by molar-refractivity contribution is 5.94. The van der Waals surface area contributed by atoms with Crippen LogP contribution in [0.4, 0.5) is 10.5 Å². The number of piperidine rings is 1. The summed E-state index contributed by atoms with van der Waals surface area (Å²) in [6, 6.07) is 6.37. The highest BCUT2D eigenvalue weighted by Crippen LogP contribution is 2.33. The van der Waals surface area contributed by atoms with Crippen molar-refractivity contribution >= 4 is 17.6 Å². The maximum Gasteiger partial charge on any atom is 0.317 e. The van der Waals surface area contributed by atoms with Crippen molar-refractivity contribution in [1.82, 2.24) is 10.2 Å². The number of hydrogen-bond donors (Lipinski definition) is 2.